The van der Waals surface area contributed by atoms with Crippen LogP contribution in [0.15, 0.2) is 16.6 Å². The SMILES string of the molecule is Brc1cc2c(c(CNCCN3CCSCC3)c1)OCC2. The average molecular weight is 357 g/mol. The van der Waals surface area contributed by atoms with E-state index in [1.165, 1.54) is 35.7 Å². The Kier molecular flexibility index (Phi) is 5.26. The van der Waals surface area contributed by atoms with Gasteiger partial charge in [-0.25, -0.2) is 0 Å². The largest absolute Gasteiger partial charge is 0.493 e. The Morgan fingerprint density at radius 1 is 1.30 bits per heavy atom. The molecule has 0 atom stereocenters. The zero-order valence-electron chi connectivity index (χ0n) is 11.7. The molecule has 1 N–H and O–H groups in total. The first-order valence-electron chi connectivity index (χ1n) is 7.28. The Morgan fingerprint density at radius 3 is 3.00 bits per heavy atom. The minimum atomic E-state index is 0.824. The van der Waals surface area contributed by atoms with Crippen molar-refractivity contribution in [2.45, 2.75) is 13.0 Å². The maximum absolute atomic E-state index is 5.76. The van der Waals surface area contributed by atoms with Crippen LogP contribution >= 0.6 is 27.7 Å². The van der Waals surface area contributed by atoms with Gasteiger partial charge < -0.3 is 15.0 Å². The lowest BCUT2D eigenvalue weighted by Gasteiger charge is -2.26. The van der Waals surface area contributed by atoms with Crippen molar-refractivity contribution in [2.75, 3.05) is 44.3 Å². The van der Waals surface area contributed by atoms with Gasteiger partial charge >= 0.3 is 0 Å². The highest BCUT2D eigenvalue weighted by atomic mass is 79.9. The van der Waals surface area contributed by atoms with Gasteiger partial charge in [-0.2, -0.15) is 11.8 Å². The molecule has 2 aliphatic heterocycles. The molecule has 3 rings (SSSR count). The molecule has 0 unspecified atom stereocenters. The lowest BCUT2D eigenvalue weighted by atomic mass is 10.1. The Hall–Kier alpha value is -0.230. The molecule has 110 valence electrons. The fraction of sp³-hybridized carbons (Fsp3) is 0.600. The van der Waals surface area contributed by atoms with Gasteiger partial charge in [0.05, 0.1) is 6.61 Å². The molecule has 0 amide bonds. The van der Waals surface area contributed by atoms with E-state index in [1.807, 2.05) is 0 Å². The maximum atomic E-state index is 5.76. The first kappa shape index (κ1) is 14.7. The first-order valence-corrected chi connectivity index (χ1v) is 9.22. The summed E-state index contributed by atoms with van der Waals surface area (Å²) >= 11 is 5.66. The van der Waals surface area contributed by atoms with Crippen LogP contribution in [0.2, 0.25) is 0 Å². The molecular weight excluding hydrogens is 336 g/mol. The number of nitrogens with one attached hydrogen (secondary N) is 1. The van der Waals surface area contributed by atoms with Gasteiger partial charge in [-0.15, -0.1) is 0 Å². The average Bonchev–Trinajstić information content (AvgIpc) is 2.92. The van der Waals surface area contributed by atoms with Crippen LogP contribution < -0.4 is 10.1 Å². The molecule has 1 aromatic carbocycles. The minimum Gasteiger partial charge on any atom is -0.493 e. The lowest BCUT2D eigenvalue weighted by molar-refractivity contribution is 0.300. The monoisotopic (exact) mass is 356 g/mol. The number of ether oxygens (including phenoxy) is 1. The second-order valence-corrected chi connectivity index (χ2v) is 7.42. The summed E-state index contributed by atoms with van der Waals surface area (Å²) in [6.45, 7) is 6.39. The van der Waals surface area contributed by atoms with Crippen LogP contribution in [0.4, 0.5) is 0 Å². The van der Waals surface area contributed by atoms with E-state index in [0.717, 1.165) is 42.9 Å². The molecule has 0 aromatic heterocycles. The molecule has 0 saturated carbocycles. The van der Waals surface area contributed by atoms with Gasteiger partial charge in [-0.3, -0.25) is 0 Å². The van der Waals surface area contributed by atoms with Crippen LogP contribution in [-0.2, 0) is 13.0 Å². The number of halogens is 1. The lowest BCUT2D eigenvalue weighted by Crippen LogP contribution is -2.37. The van der Waals surface area contributed by atoms with Crippen molar-refractivity contribution in [1.29, 1.82) is 0 Å². The van der Waals surface area contributed by atoms with Crippen molar-refractivity contribution in [2.24, 2.45) is 0 Å². The van der Waals surface area contributed by atoms with Crippen LogP contribution in [0.3, 0.4) is 0 Å². The van der Waals surface area contributed by atoms with E-state index >= 15 is 0 Å². The second-order valence-electron chi connectivity index (χ2n) is 5.28. The molecule has 0 radical (unpaired) electrons. The zero-order chi connectivity index (χ0) is 13.8. The number of fused-ring (bicyclic) bond motifs is 1. The van der Waals surface area contributed by atoms with Crippen LogP contribution in [0.1, 0.15) is 11.1 Å². The van der Waals surface area contributed by atoms with E-state index in [4.69, 9.17) is 4.74 Å². The van der Waals surface area contributed by atoms with Crippen LogP contribution in [-0.4, -0.2) is 49.2 Å². The van der Waals surface area contributed by atoms with Gasteiger partial charge in [0, 0.05) is 60.7 Å². The summed E-state index contributed by atoms with van der Waals surface area (Å²) < 4.78 is 6.92. The van der Waals surface area contributed by atoms with Crippen molar-refractivity contribution in [3.63, 3.8) is 0 Å². The van der Waals surface area contributed by atoms with Crippen molar-refractivity contribution in [1.82, 2.24) is 10.2 Å². The third-order valence-corrected chi connectivity index (χ3v) is 5.25. The standard InChI is InChI=1S/C15H21BrN2OS/c16-14-9-12-1-6-19-15(12)13(10-14)11-17-2-3-18-4-7-20-8-5-18/h9-10,17H,1-8,11H2. The van der Waals surface area contributed by atoms with Crippen molar-refractivity contribution < 1.29 is 4.74 Å². The zero-order valence-corrected chi connectivity index (χ0v) is 14.1. The van der Waals surface area contributed by atoms with Gasteiger partial charge in [0.15, 0.2) is 0 Å². The van der Waals surface area contributed by atoms with Gasteiger partial charge in [-0.05, 0) is 17.7 Å². The summed E-state index contributed by atoms with van der Waals surface area (Å²) in [5, 5.41) is 3.56. The number of thioether (sulfide) groups is 1. The van der Waals surface area contributed by atoms with Crippen molar-refractivity contribution in [3.8, 4) is 5.75 Å². The Bertz CT molecular complexity index is 463. The topological polar surface area (TPSA) is 24.5 Å². The summed E-state index contributed by atoms with van der Waals surface area (Å²) in [6, 6.07) is 4.35. The van der Waals surface area contributed by atoms with E-state index in [2.05, 4.69) is 50.0 Å². The summed E-state index contributed by atoms with van der Waals surface area (Å²) in [5.74, 6) is 3.68. The number of hydrogen-bond donors (Lipinski definition) is 1. The molecule has 1 aromatic rings. The fourth-order valence-corrected chi connectivity index (χ4v) is 4.29. The first-order chi connectivity index (χ1) is 9.83. The normalized spacial score (nSPS) is 18.9. The van der Waals surface area contributed by atoms with E-state index < -0.39 is 0 Å². The van der Waals surface area contributed by atoms with E-state index in [9.17, 15) is 0 Å². The molecule has 0 bridgehead atoms. The molecule has 2 aliphatic rings. The van der Waals surface area contributed by atoms with Gasteiger partial charge in [-0.1, -0.05) is 15.9 Å². The molecule has 20 heavy (non-hydrogen) atoms. The van der Waals surface area contributed by atoms with Crippen LogP contribution in [0, 0.1) is 0 Å². The number of rotatable bonds is 5. The predicted molar refractivity (Wildman–Crippen MR) is 88.8 cm³/mol. The maximum Gasteiger partial charge on any atom is 0.127 e. The number of hydrogen-bond acceptors (Lipinski definition) is 4. The highest BCUT2D eigenvalue weighted by molar-refractivity contribution is 9.10. The molecule has 5 heteroatoms. The summed E-state index contributed by atoms with van der Waals surface area (Å²) in [4.78, 5) is 2.55. The molecular formula is C15H21BrN2OS. The quantitative estimate of drug-likeness (QED) is 0.819. The van der Waals surface area contributed by atoms with Crippen LogP contribution in [0.25, 0.3) is 0 Å². The highest BCUT2D eigenvalue weighted by Crippen LogP contribution is 2.32. The molecule has 0 aliphatic carbocycles. The molecule has 1 fully saturated rings. The van der Waals surface area contributed by atoms with Crippen LogP contribution in [0.5, 0.6) is 5.75 Å². The van der Waals surface area contributed by atoms with Gasteiger partial charge in [0.1, 0.15) is 5.75 Å². The van der Waals surface area contributed by atoms with Gasteiger partial charge in [0.25, 0.3) is 0 Å². The van der Waals surface area contributed by atoms with Crippen molar-refractivity contribution >= 4 is 27.7 Å². The summed E-state index contributed by atoms with van der Waals surface area (Å²) in [6.07, 6.45) is 1.03. The third-order valence-electron chi connectivity index (χ3n) is 3.85. The number of nitrogens with zero attached hydrogens (tertiary/aromatic N) is 1. The molecule has 1 saturated heterocycles. The predicted octanol–water partition coefficient (Wildman–Crippen LogP) is 2.52. The third kappa shape index (κ3) is 3.70. The van der Waals surface area contributed by atoms with E-state index in [-0.39, 0.29) is 0 Å². The Morgan fingerprint density at radius 2 is 2.15 bits per heavy atom. The number of benzene rings is 1. The highest BCUT2D eigenvalue weighted by Gasteiger charge is 2.17. The fourth-order valence-electron chi connectivity index (χ4n) is 2.76. The Labute approximate surface area is 133 Å². The second kappa shape index (κ2) is 7.16. The van der Waals surface area contributed by atoms with E-state index in [1.54, 1.807) is 0 Å². The molecule has 3 nitrogen and oxygen atoms in total. The van der Waals surface area contributed by atoms with Gasteiger partial charge in [0.2, 0.25) is 0 Å². The molecule has 2 heterocycles. The minimum absolute atomic E-state index is 0.824. The molecule has 0 spiro atoms. The summed E-state index contributed by atoms with van der Waals surface area (Å²) in [5.41, 5.74) is 2.62. The van der Waals surface area contributed by atoms with Crippen molar-refractivity contribution in [3.05, 3.63) is 27.7 Å². The van der Waals surface area contributed by atoms with E-state index in [0.29, 0.717) is 0 Å². The smallest absolute Gasteiger partial charge is 0.127 e. The summed E-state index contributed by atoms with van der Waals surface area (Å²) in [7, 11) is 0. The Balaban J connectivity index is 1.49.